The topological polar surface area (TPSA) is 12.5 Å². The molecule has 0 amide bonds. The first kappa shape index (κ1) is 14.1. The number of hydrogen-bond acceptors (Lipinski definition) is 2. The molecule has 1 aliphatic carbocycles. The van der Waals surface area contributed by atoms with E-state index in [4.69, 9.17) is 4.74 Å². The molecule has 0 N–H and O–H groups in total. The molecule has 0 aliphatic heterocycles. The molecule has 0 fully saturated rings. The number of ether oxygens (including phenoxy) is 1. The lowest BCUT2D eigenvalue weighted by Crippen LogP contribution is -2.32. The number of likely N-dealkylation sites (N-methyl/N-ethyl adjacent to an activating group) is 1. The molecule has 2 aromatic rings. The monoisotopic (exact) mass is 285 g/mol. The first-order valence-electron chi connectivity index (χ1n) is 7.19. The van der Waals surface area contributed by atoms with Crippen LogP contribution in [0.3, 0.4) is 0 Å². The van der Waals surface area contributed by atoms with Gasteiger partial charge in [0.25, 0.3) is 0 Å². The zero-order valence-electron chi connectivity index (χ0n) is 12.6. The molecular formula is C18H20FNO. The van der Waals surface area contributed by atoms with Crippen LogP contribution in [0.5, 0.6) is 5.75 Å². The molecule has 2 nitrogen and oxygen atoms in total. The van der Waals surface area contributed by atoms with Crippen molar-refractivity contribution in [3.05, 3.63) is 65.0 Å². The zero-order chi connectivity index (χ0) is 15.0. The van der Waals surface area contributed by atoms with Crippen molar-refractivity contribution in [2.24, 2.45) is 0 Å². The second kappa shape index (κ2) is 5.49. The molecule has 0 spiro atoms. The van der Waals surface area contributed by atoms with Crippen molar-refractivity contribution in [2.45, 2.75) is 18.4 Å². The predicted octanol–water partition coefficient (Wildman–Crippen LogP) is 3.45. The van der Waals surface area contributed by atoms with Crippen LogP contribution >= 0.6 is 0 Å². The fourth-order valence-electron chi connectivity index (χ4n) is 3.33. The highest BCUT2D eigenvalue weighted by atomic mass is 19.1. The van der Waals surface area contributed by atoms with Crippen LogP contribution in [0.1, 0.15) is 22.6 Å². The average Bonchev–Trinajstić information content (AvgIpc) is 2.85. The highest BCUT2D eigenvalue weighted by Crippen LogP contribution is 2.42. The molecule has 0 bridgehead atoms. The van der Waals surface area contributed by atoms with Crippen molar-refractivity contribution in [2.75, 3.05) is 21.2 Å². The second-order valence-electron chi connectivity index (χ2n) is 5.81. The van der Waals surface area contributed by atoms with E-state index in [9.17, 15) is 4.39 Å². The second-order valence-corrected chi connectivity index (χ2v) is 5.81. The Kier molecular flexibility index (Phi) is 3.68. The van der Waals surface area contributed by atoms with Crippen LogP contribution in [0, 0.1) is 5.82 Å². The van der Waals surface area contributed by atoms with E-state index in [2.05, 4.69) is 43.3 Å². The van der Waals surface area contributed by atoms with Crippen molar-refractivity contribution in [3.63, 3.8) is 0 Å². The van der Waals surface area contributed by atoms with Crippen molar-refractivity contribution in [1.82, 2.24) is 4.90 Å². The maximum Gasteiger partial charge on any atom is 0.165 e. The third-order valence-electron chi connectivity index (χ3n) is 4.38. The van der Waals surface area contributed by atoms with Gasteiger partial charge < -0.3 is 9.64 Å². The van der Waals surface area contributed by atoms with Gasteiger partial charge in [-0.2, -0.15) is 0 Å². The Labute approximate surface area is 125 Å². The van der Waals surface area contributed by atoms with Crippen LogP contribution in [-0.2, 0) is 6.42 Å². The average molecular weight is 285 g/mol. The molecule has 110 valence electrons. The van der Waals surface area contributed by atoms with E-state index < -0.39 is 0 Å². The standard InChI is InChI=1S/C18H20FNO/c1-20(2)16-10-13-9-15(19)17(21-3)11-14(13)18(16)12-7-5-4-6-8-12/h4-9,11,16,18H,10H2,1-3H3/t16-,18-/m1/s1. The molecule has 21 heavy (non-hydrogen) atoms. The van der Waals surface area contributed by atoms with Gasteiger partial charge in [0.1, 0.15) is 0 Å². The number of halogens is 1. The molecule has 0 heterocycles. The maximum absolute atomic E-state index is 14.0. The summed E-state index contributed by atoms with van der Waals surface area (Å²) in [6.07, 6.45) is 0.864. The van der Waals surface area contributed by atoms with Gasteiger partial charge in [-0.3, -0.25) is 0 Å². The predicted molar refractivity (Wildman–Crippen MR) is 82.4 cm³/mol. The number of benzene rings is 2. The largest absolute Gasteiger partial charge is 0.494 e. The van der Waals surface area contributed by atoms with E-state index in [1.165, 1.54) is 18.2 Å². The summed E-state index contributed by atoms with van der Waals surface area (Å²) in [6, 6.07) is 14.3. The van der Waals surface area contributed by atoms with Gasteiger partial charge in [-0.05, 0) is 49.3 Å². The molecule has 3 heteroatoms. The van der Waals surface area contributed by atoms with E-state index in [1.807, 2.05) is 12.1 Å². The quantitative estimate of drug-likeness (QED) is 0.856. The van der Waals surface area contributed by atoms with Gasteiger partial charge in [0, 0.05) is 12.0 Å². The number of methoxy groups -OCH3 is 1. The van der Waals surface area contributed by atoms with Gasteiger partial charge >= 0.3 is 0 Å². The molecular weight excluding hydrogens is 265 g/mol. The normalized spacial score (nSPS) is 20.6. The lowest BCUT2D eigenvalue weighted by molar-refractivity contribution is 0.283. The molecule has 0 saturated carbocycles. The molecule has 0 radical (unpaired) electrons. The Morgan fingerprint density at radius 1 is 1.14 bits per heavy atom. The number of fused-ring (bicyclic) bond motifs is 1. The highest BCUT2D eigenvalue weighted by Gasteiger charge is 2.35. The Hall–Kier alpha value is -1.87. The van der Waals surface area contributed by atoms with Gasteiger partial charge in [0.05, 0.1) is 7.11 Å². The summed E-state index contributed by atoms with van der Waals surface area (Å²) in [4.78, 5) is 2.22. The minimum absolute atomic E-state index is 0.255. The Morgan fingerprint density at radius 3 is 2.48 bits per heavy atom. The van der Waals surface area contributed by atoms with Gasteiger partial charge in [-0.1, -0.05) is 30.3 Å². The van der Waals surface area contributed by atoms with Crippen LogP contribution in [0.4, 0.5) is 4.39 Å². The lowest BCUT2D eigenvalue weighted by atomic mass is 9.89. The summed E-state index contributed by atoms with van der Waals surface area (Å²) in [5, 5.41) is 0. The molecule has 0 aromatic heterocycles. The molecule has 0 unspecified atom stereocenters. The molecule has 1 aliphatic rings. The zero-order valence-corrected chi connectivity index (χ0v) is 12.6. The first-order chi connectivity index (χ1) is 10.1. The van der Waals surface area contributed by atoms with Gasteiger partial charge in [0.15, 0.2) is 11.6 Å². The third-order valence-corrected chi connectivity index (χ3v) is 4.38. The van der Waals surface area contributed by atoms with Crippen LogP contribution in [-0.4, -0.2) is 32.1 Å². The summed E-state index contributed by atoms with van der Waals surface area (Å²) < 4.78 is 19.1. The third kappa shape index (κ3) is 2.42. The van der Waals surface area contributed by atoms with Crippen LogP contribution < -0.4 is 4.74 Å². The Bertz CT molecular complexity index is 639. The van der Waals surface area contributed by atoms with E-state index in [0.29, 0.717) is 11.8 Å². The van der Waals surface area contributed by atoms with Crippen molar-refractivity contribution < 1.29 is 9.13 Å². The smallest absolute Gasteiger partial charge is 0.165 e. The Morgan fingerprint density at radius 2 is 1.86 bits per heavy atom. The van der Waals surface area contributed by atoms with Crippen LogP contribution in [0.2, 0.25) is 0 Å². The fourth-order valence-corrected chi connectivity index (χ4v) is 3.33. The van der Waals surface area contributed by atoms with E-state index in [1.54, 1.807) is 6.07 Å². The van der Waals surface area contributed by atoms with Gasteiger partial charge in [-0.25, -0.2) is 4.39 Å². The van der Waals surface area contributed by atoms with Crippen molar-refractivity contribution in [3.8, 4) is 5.75 Å². The SMILES string of the molecule is COc1cc2c(cc1F)C[C@@H](N(C)C)[C@@H]2c1ccccc1. The summed E-state index contributed by atoms with van der Waals surface area (Å²) >= 11 is 0. The number of nitrogens with zero attached hydrogens (tertiary/aromatic N) is 1. The lowest BCUT2D eigenvalue weighted by Gasteiger charge is -2.27. The van der Waals surface area contributed by atoms with Crippen LogP contribution in [0.15, 0.2) is 42.5 Å². The summed E-state index contributed by atoms with van der Waals surface area (Å²) in [6.45, 7) is 0. The first-order valence-corrected chi connectivity index (χ1v) is 7.19. The van der Waals surface area contributed by atoms with Crippen molar-refractivity contribution in [1.29, 1.82) is 0 Å². The maximum atomic E-state index is 14.0. The highest BCUT2D eigenvalue weighted by molar-refractivity contribution is 5.49. The van der Waals surface area contributed by atoms with Gasteiger partial charge in [-0.15, -0.1) is 0 Å². The Balaban J connectivity index is 2.13. The minimum Gasteiger partial charge on any atom is -0.494 e. The molecule has 3 rings (SSSR count). The molecule has 0 saturated heterocycles. The summed E-state index contributed by atoms with van der Waals surface area (Å²) in [7, 11) is 5.68. The van der Waals surface area contributed by atoms with E-state index in [-0.39, 0.29) is 11.7 Å². The van der Waals surface area contributed by atoms with Crippen molar-refractivity contribution >= 4 is 0 Å². The van der Waals surface area contributed by atoms with E-state index >= 15 is 0 Å². The summed E-state index contributed by atoms with van der Waals surface area (Å²) in [5.74, 6) is 0.308. The molecule has 2 atom stereocenters. The van der Waals surface area contributed by atoms with Gasteiger partial charge in [0.2, 0.25) is 0 Å². The summed E-state index contributed by atoms with van der Waals surface area (Å²) in [5.41, 5.74) is 3.53. The number of rotatable bonds is 3. The number of hydrogen-bond donors (Lipinski definition) is 0. The fraction of sp³-hybridized carbons (Fsp3) is 0.333. The van der Waals surface area contributed by atoms with Crippen LogP contribution in [0.25, 0.3) is 0 Å². The minimum atomic E-state index is -0.275. The molecule has 2 aromatic carbocycles. The van der Waals surface area contributed by atoms with E-state index in [0.717, 1.165) is 12.0 Å².